The summed E-state index contributed by atoms with van der Waals surface area (Å²) in [7, 11) is 2.11. The van der Waals surface area contributed by atoms with E-state index >= 15 is 0 Å². The summed E-state index contributed by atoms with van der Waals surface area (Å²) in [6.07, 6.45) is 1.54. The van der Waals surface area contributed by atoms with Crippen LogP contribution < -0.4 is 0 Å². The highest BCUT2D eigenvalue weighted by atomic mass is 16.6. The zero-order valence-corrected chi connectivity index (χ0v) is 18.8. The second-order valence-electron chi connectivity index (χ2n) is 9.20. The molecule has 1 saturated heterocycles. The first kappa shape index (κ1) is 21.2. The SMILES string of the molecule is Cn1c(C2CCN(C(=O)OC(C)(C)C)CC2)nc(-c2ccccc2)c1-c1ccccc1. The van der Waals surface area contributed by atoms with Crippen LogP contribution >= 0.6 is 0 Å². The van der Waals surface area contributed by atoms with Crippen LogP contribution in [0.3, 0.4) is 0 Å². The predicted octanol–water partition coefficient (Wildman–Crippen LogP) is 5.87. The highest BCUT2D eigenvalue weighted by Gasteiger charge is 2.30. The number of carbonyl (C=O) groups is 1. The Bertz CT molecular complexity index is 1030. The minimum atomic E-state index is -0.469. The van der Waals surface area contributed by atoms with Crippen LogP contribution in [-0.2, 0) is 11.8 Å². The molecule has 1 aliphatic rings. The number of ether oxygens (including phenoxy) is 1. The third-order valence-electron chi connectivity index (χ3n) is 5.74. The van der Waals surface area contributed by atoms with E-state index in [-0.39, 0.29) is 6.09 Å². The van der Waals surface area contributed by atoms with E-state index in [1.807, 2.05) is 37.8 Å². The number of piperidine rings is 1. The molecule has 2 heterocycles. The lowest BCUT2D eigenvalue weighted by Gasteiger charge is -2.33. The average molecular weight is 418 g/mol. The fraction of sp³-hybridized carbons (Fsp3) is 0.385. The number of hydrogen-bond acceptors (Lipinski definition) is 3. The Morgan fingerprint density at radius 2 is 1.48 bits per heavy atom. The highest BCUT2D eigenvalue weighted by molar-refractivity contribution is 5.79. The Labute approximate surface area is 184 Å². The summed E-state index contributed by atoms with van der Waals surface area (Å²) in [6, 6.07) is 20.8. The topological polar surface area (TPSA) is 47.4 Å². The molecule has 0 N–H and O–H groups in total. The normalized spacial score (nSPS) is 15.2. The molecule has 2 aromatic carbocycles. The molecule has 0 unspecified atom stereocenters. The molecule has 162 valence electrons. The van der Waals surface area contributed by atoms with Crippen LogP contribution in [0.1, 0.15) is 45.4 Å². The summed E-state index contributed by atoms with van der Waals surface area (Å²) in [5.41, 5.74) is 3.96. The molecule has 0 aliphatic carbocycles. The van der Waals surface area contributed by atoms with Crippen LogP contribution in [-0.4, -0.2) is 39.2 Å². The molecule has 0 radical (unpaired) electrons. The Morgan fingerprint density at radius 3 is 2.03 bits per heavy atom. The lowest BCUT2D eigenvalue weighted by atomic mass is 9.96. The maximum Gasteiger partial charge on any atom is 0.410 e. The molecule has 1 aromatic heterocycles. The molecule has 0 saturated carbocycles. The number of amides is 1. The van der Waals surface area contributed by atoms with Crippen LogP contribution in [0.5, 0.6) is 0 Å². The fourth-order valence-electron chi connectivity index (χ4n) is 4.25. The molecule has 1 aliphatic heterocycles. The second kappa shape index (κ2) is 8.58. The van der Waals surface area contributed by atoms with Crippen LogP contribution in [0.2, 0.25) is 0 Å². The summed E-state index contributed by atoms with van der Waals surface area (Å²) in [6.45, 7) is 7.09. The van der Waals surface area contributed by atoms with Crippen molar-refractivity contribution in [2.45, 2.75) is 45.1 Å². The lowest BCUT2D eigenvalue weighted by Crippen LogP contribution is -2.41. The molecular formula is C26H31N3O2. The third-order valence-corrected chi connectivity index (χ3v) is 5.74. The number of carbonyl (C=O) groups excluding carboxylic acids is 1. The van der Waals surface area contributed by atoms with Gasteiger partial charge >= 0.3 is 6.09 Å². The van der Waals surface area contributed by atoms with Crippen LogP contribution in [0, 0.1) is 0 Å². The van der Waals surface area contributed by atoms with Gasteiger partial charge in [0.25, 0.3) is 0 Å². The number of rotatable bonds is 3. The first-order chi connectivity index (χ1) is 14.8. The van der Waals surface area contributed by atoms with Gasteiger partial charge in [-0.25, -0.2) is 9.78 Å². The van der Waals surface area contributed by atoms with Crippen molar-refractivity contribution < 1.29 is 9.53 Å². The quantitative estimate of drug-likeness (QED) is 0.535. The van der Waals surface area contributed by atoms with Gasteiger partial charge in [0.1, 0.15) is 11.4 Å². The maximum absolute atomic E-state index is 12.4. The molecule has 4 rings (SSSR count). The lowest BCUT2D eigenvalue weighted by molar-refractivity contribution is 0.0202. The van der Waals surface area contributed by atoms with Crippen molar-refractivity contribution in [2.24, 2.45) is 7.05 Å². The van der Waals surface area contributed by atoms with Crippen molar-refractivity contribution in [2.75, 3.05) is 13.1 Å². The van der Waals surface area contributed by atoms with Crippen LogP contribution in [0.4, 0.5) is 4.79 Å². The Hall–Kier alpha value is -3.08. The molecule has 1 amide bonds. The van der Waals surface area contributed by atoms with E-state index < -0.39 is 5.60 Å². The van der Waals surface area contributed by atoms with Gasteiger partial charge in [0.2, 0.25) is 0 Å². The zero-order chi connectivity index (χ0) is 22.0. The third kappa shape index (κ3) is 4.66. The summed E-state index contributed by atoms with van der Waals surface area (Å²) in [4.78, 5) is 19.4. The maximum atomic E-state index is 12.4. The molecule has 0 spiro atoms. The van der Waals surface area contributed by atoms with Gasteiger partial charge in [0.05, 0.1) is 11.4 Å². The van der Waals surface area contributed by atoms with Gasteiger partial charge in [0.15, 0.2) is 0 Å². The number of aromatic nitrogens is 2. The van der Waals surface area contributed by atoms with Gasteiger partial charge in [-0.2, -0.15) is 0 Å². The molecule has 5 heteroatoms. The molecule has 0 bridgehead atoms. The molecule has 31 heavy (non-hydrogen) atoms. The van der Waals surface area contributed by atoms with Gasteiger partial charge in [-0.3, -0.25) is 0 Å². The van der Waals surface area contributed by atoms with Crippen molar-refractivity contribution in [3.05, 3.63) is 66.5 Å². The van der Waals surface area contributed by atoms with E-state index in [0.717, 1.165) is 41.2 Å². The van der Waals surface area contributed by atoms with Crippen molar-refractivity contribution >= 4 is 6.09 Å². The van der Waals surface area contributed by atoms with Gasteiger partial charge in [-0.15, -0.1) is 0 Å². The summed E-state index contributed by atoms with van der Waals surface area (Å²) < 4.78 is 7.79. The number of likely N-dealkylation sites (tertiary alicyclic amines) is 1. The number of benzene rings is 2. The second-order valence-corrected chi connectivity index (χ2v) is 9.20. The number of nitrogens with zero attached hydrogens (tertiary/aromatic N) is 3. The van der Waals surface area contributed by atoms with Gasteiger partial charge < -0.3 is 14.2 Å². The smallest absolute Gasteiger partial charge is 0.410 e. The first-order valence-corrected chi connectivity index (χ1v) is 11.0. The van der Waals surface area contributed by atoms with E-state index in [1.165, 1.54) is 0 Å². The summed E-state index contributed by atoms with van der Waals surface area (Å²) >= 11 is 0. The fourth-order valence-corrected chi connectivity index (χ4v) is 4.25. The first-order valence-electron chi connectivity index (χ1n) is 11.0. The Morgan fingerprint density at radius 1 is 0.935 bits per heavy atom. The molecular weight excluding hydrogens is 386 g/mol. The van der Waals surface area contributed by atoms with E-state index in [9.17, 15) is 4.79 Å². The van der Waals surface area contributed by atoms with Crippen LogP contribution in [0.15, 0.2) is 60.7 Å². The number of imidazole rings is 1. The van der Waals surface area contributed by atoms with Crippen LogP contribution in [0.25, 0.3) is 22.5 Å². The predicted molar refractivity (Wildman–Crippen MR) is 124 cm³/mol. The summed E-state index contributed by atoms with van der Waals surface area (Å²) in [5, 5.41) is 0. The van der Waals surface area contributed by atoms with Gasteiger partial charge in [0, 0.05) is 37.2 Å². The average Bonchev–Trinajstić information content (AvgIpc) is 3.11. The van der Waals surface area contributed by atoms with Gasteiger partial charge in [-0.1, -0.05) is 60.7 Å². The van der Waals surface area contributed by atoms with Crippen molar-refractivity contribution in [1.29, 1.82) is 0 Å². The molecule has 5 nitrogen and oxygen atoms in total. The minimum Gasteiger partial charge on any atom is -0.444 e. The monoisotopic (exact) mass is 417 g/mol. The van der Waals surface area contributed by atoms with Crippen molar-refractivity contribution in [3.63, 3.8) is 0 Å². The standard InChI is InChI=1S/C26H31N3O2/c1-26(2,3)31-25(30)29-17-15-21(16-18-29)24-27-22(19-11-7-5-8-12-19)23(28(24)4)20-13-9-6-10-14-20/h5-14,21H,15-18H2,1-4H3. The van der Waals surface area contributed by atoms with Crippen molar-refractivity contribution in [3.8, 4) is 22.5 Å². The van der Waals surface area contributed by atoms with Crippen molar-refractivity contribution in [1.82, 2.24) is 14.5 Å². The van der Waals surface area contributed by atoms with Gasteiger partial charge in [-0.05, 0) is 33.6 Å². The minimum absolute atomic E-state index is 0.222. The largest absolute Gasteiger partial charge is 0.444 e. The molecule has 0 atom stereocenters. The van der Waals surface area contributed by atoms with E-state index in [1.54, 1.807) is 0 Å². The van der Waals surface area contributed by atoms with E-state index in [4.69, 9.17) is 9.72 Å². The summed E-state index contributed by atoms with van der Waals surface area (Å²) in [5.74, 6) is 1.39. The molecule has 3 aromatic rings. The Kier molecular flexibility index (Phi) is 5.86. The number of hydrogen-bond donors (Lipinski definition) is 0. The van der Waals surface area contributed by atoms with E-state index in [2.05, 4.69) is 60.1 Å². The highest BCUT2D eigenvalue weighted by Crippen LogP contribution is 2.37. The Balaban J connectivity index is 1.62. The van der Waals surface area contributed by atoms with E-state index in [0.29, 0.717) is 19.0 Å². The zero-order valence-electron chi connectivity index (χ0n) is 18.8. The molecule has 1 fully saturated rings.